The number of anilines is 1. The molecule has 1 aromatic carbocycles. The van der Waals surface area contributed by atoms with Crippen LogP contribution in [0.5, 0.6) is 5.75 Å². The van der Waals surface area contributed by atoms with Gasteiger partial charge in [0.2, 0.25) is 5.91 Å². The zero-order valence-corrected chi connectivity index (χ0v) is 19.2. The van der Waals surface area contributed by atoms with E-state index in [4.69, 9.17) is 14.7 Å². The Morgan fingerprint density at radius 3 is 2.45 bits per heavy atom. The maximum Gasteiger partial charge on any atom is 0.227 e. The van der Waals surface area contributed by atoms with E-state index in [2.05, 4.69) is 18.7 Å². The molecule has 0 unspecified atom stereocenters. The molecule has 0 radical (unpaired) electrons. The summed E-state index contributed by atoms with van der Waals surface area (Å²) in [6, 6.07) is 7.74. The standard InChI is InChI=1S/C24H28N4O2S/c1-15-16(2)31-24-21(15)23(25-22(26-24)18-6-7-18)28-12-10-27(11-13-28)20(29)14-17-4-8-19(30-3)9-5-17/h4-5,8-9,18H,6-7,10-14H2,1-3H3. The minimum atomic E-state index is 0.180. The average molecular weight is 437 g/mol. The van der Waals surface area contributed by atoms with E-state index >= 15 is 0 Å². The van der Waals surface area contributed by atoms with Gasteiger partial charge in [-0.25, -0.2) is 9.97 Å². The molecular weight excluding hydrogens is 408 g/mol. The van der Waals surface area contributed by atoms with Crippen molar-refractivity contribution in [1.29, 1.82) is 0 Å². The predicted octanol–water partition coefficient (Wildman–Crippen LogP) is 4.09. The average Bonchev–Trinajstić information content (AvgIpc) is 3.60. The van der Waals surface area contributed by atoms with Crippen LogP contribution in [-0.2, 0) is 11.2 Å². The molecule has 0 N–H and O–H groups in total. The van der Waals surface area contributed by atoms with Crippen molar-refractivity contribution in [3.8, 4) is 5.75 Å². The Hall–Kier alpha value is -2.67. The molecule has 2 aromatic heterocycles. The minimum absolute atomic E-state index is 0.180. The number of aryl methyl sites for hydroxylation is 2. The van der Waals surface area contributed by atoms with Gasteiger partial charge in [0.15, 0.2) is 0 Å². The molecule has 6 nitrogen and oxygen atoms in total. The molecule has 3 aromatic rings. The molecule has 3 heterocycles. The maximum atomic E-state index is 12.8. The van der Waals surface area contributed by atoms with Gasteiger partial charge in [-0.2, -0.15) is 0 Å². The summed E-state index contributed by atoms with van der Waals surface area (Å²) < 4.78 is 5.20. The Morgan fingerprint density at radius 1 is 1.10 bits per heavy atom. The molecule has 1 saturated carbocycles. The predicted molar refractivity (Wildman–Crippen MR) is 124 cm³/mol. The van der Waals surface area contributed by atoms with Crippen LogP contribution in [0.2, 0.25) is 0 Å². The van der Waals surface area contributed by atoms with E-state index in [1.807, 2.05) is 29.2 Å². The van der Waals surface area contributed by atoms with E-state index in [0.29, 0.717) is 12.3 Å². The van der Waals surface area contributed by atoms with Gasteiger partial charge in [0.1, 0.15) is 22.2 Å². The molecule has 1 aliphatic carbocycles. The maximum absolute atomic E-state index is 12.8. The molecule has 2 fully saturated rings. The molecule has 0 atom stereocenters. The lowest BCUT2D eigenvalue weighted by atomic mass is 10.1. The Kier molecular flexibility index (Phi) is 5.30. The van der Waals surface area contributed by atoms with Gasteiger partial charge < -0.3 is 14.5 Å². The molecular formula is C24H28N4O2S. The summed E-state index contributed by atoms with van der Waals surface area (Å²) in [6.45, 7) is 7.39. The van der Waals surface area contributed by atoms with Gasteiger partial charge in [-0.3, -0.25) is 4.79 Å². The molecule has 162 valence electrons. The van der Waals surface area contributed by atoms with Crippen molar-refractivity contribution >= 4 is 33.3 Å². The molecule has 2 aliphatic rings. The third-order valence-corrected chi connectivity index (χ3v) is 7.52. The number of methoxy groups -OCH3 is 1. The van der Waals surface area contributed by atoms with E-state index < -0.39 is 0 Å². The largest absolute Gasteiger partial charge is 0.497 e. The van der Waals surface area contributed by atoms with E-state index in [1.54, 1.807) is 18.4 Å². The summed E-state index contributed by atoms with van der Waals surface area (Å²) in [4.78, 5) is 29.5. The smallest absolute Gasteiger partial charge is 0.227 e. The first kappa shape index (κ1) is 20.2. The van der Waals surface area contributed by atoms with Crippen LogP contribution in [0.15, 0.2) is 24.3 Å². The number of piperazine rings is 1. The van der Waals surface area contributed by atoms with Crippen LogP contribution in [0, 0.1) is 13.8 Å². The van der Waals surface area contributed by atoms with Crippen LogP contribution in [0.1, 0.15) is 40.6 Å². The number of aromatic nitrogens is 2. The Morgan fingerprint density at radius 2 is 1.81 bits per heavy atom. The number of hydrogen-bond donors (Lipinski definition) is 0. The summed E-state index contributed by atoms with van der Waals surface area (Å²) in [5.41, 5.74) is 2.31. The first-order valence-corrected chi connectivity index (χ1v) is 11.8. The third-order valence-electron chi connectivity index (χ3n) is 6.42. The normalized spacial score (nSPS) is 16.7. The summed E-state index contributed by atoms with van der Waals surface area (Å²) >= 11 is 1.77. The number of nitrogens with zero attached hydrogens (tertiary/aromatic N) is 4. The Labute approximate surface area is 186 Å². The van der Waals surface area contributed by atoms with Crippen LogP contribution in [0.25, 0.3) is 10.2 Å². The van der Waals surface area contributed by atoms with Crippen LogP contribution in [0.4, 0.5) is 5.82 Å². The summed E-state index contributed by atoms with van der Waals surface area (Å²) in [5.74, 6) is 3.58. The van der Waals surface area contributed by atoms with Gasteiger partial charge in [-0.05, 0) is 49.9 Å². The molecule has 31 heavy (non-hydrogen) atoms. The number of ether oxygens (including phenoxy) is 1. The summed E-state index contributed by atoms with van der Waals surface area (Å²) in [6.07, 6.45) is 2.82. The molecule has 5 rings (SSSR count). The zero-order valence-electron chi connectivity index (χ0n) is 18.4. The van der Waals surface area contributed by atoms with Crippen molar-refractivity contribution in [2.24, 2.45) is 0 Å². The van der Waals surface area contributed by atoms with Crippen molar-refractivity contribution in [1.82, 2.24) is 14.9 Å². The van der Waals surface area contributed by atoms with E-state index in [1.165, 1.54) is 28.7 Å². The lowest BCUT2D eigenvalue weighted by Gasteiger charge is -2.36. The third kappa shape index (κ3) is 3.99. The van der Waals surface area contributed by atoms with Crippen molar-refractivity contribution < 1.29 is 9.53 Å². The summed E-state index contributed by atoms with van der Waals surface area (Å²) in [7, 11) is 1.65. The van der Waals surface area contributed by atoms with Crippen LogP contribution < -0.4 is 9.64 Å². The van der Waals surface area contributed by atoms with E-state index in [9.17, 15) is 4.79 Å². The van der Waals surface area contributed by atoms with Gasteiger partial charge in [0, 0.05) is 37.0 Å². The molecule has 0 bridgehead atoms. The number of hydrogen-bond acceptors (Lipinski definition) is 6. The van der Waals surface area contributed by atoms with Crippen molar-refractivity contribution in [3.63, 3.8) is 0 Å². The van der Waals surface area contributed by atoms with Gasteiger partial charge >= 0.3 is 0 Å². The second-order valence-electron chi connectivity index (χ2n) is 8.54. The lowest BCUT2D eigenvalue weighted by molar-refractivity contribution is -0.130. The monoisotopic (exact) mass is 436 g/mol. The molecule has 0 spiro atoms. The fraction of sp³-hybridized carbons (Fsp3) is 0.458. The quantitative estimate of drug-likeness (QED) is 0.603. The number of carbonyl (C=O) groups excluding carboxylic acids is 1. The highest BCUT2D eigenvalue weighted by molar-refractivity contribution is 7.18. The topological polar surface area (TPSA) is 58.6 Å². The van der Waals surface area contributed by atoms with E-state index in [-0.39, 0.29) is 5.91 Å². The van der Waals surface area contributed by atoms with Crippen molar-refractivity contribution in [2.45, 2.75) is 39.0 Å². The van der Waals surface area contributed by atoms with Crippen LogP contribution >= 0.6 is 11.3 Å². The molecule has 1 amide bonds. The number of rotatable bonds is 5. The first-order chi connectivity index (χ1) is 15.0. The number of thiophene rings is 1. The second kappa shape index (κ2) is 8.11. The number of amides is 1. The fourth-order valence-corrected chi connectivity index (χ4v) is 5.23. The lowest BCUT2D eigenvalue weighted by Crippen LogP contribution is -2.49. The van der Waals surface area contributed by atoms with Crippen LogP contribution in [0.3, 0.4) is 0 Å². The van der Waals surface area contributed by atoms with Gasteiger partial charge in [-0.15, -0.1) is 11.3 Å². The minimum Gasteiger partial charge on any atom is -0.497 e. The van der Waals surface area contributed by atoms with Crippen LogP contribution in [-0.4, -0.2) is 54.1 Å². The molecule has 1 aliphatic heterocycles. The first-order valence-electron chi connectivity index (χ1n) is 11.0. The van der Waals surface area contributed by atoms with E-state index in [0.717, 1.165) is 54.0 Å². The SMILES string of the molecule is COc1ccc(CC(=O)N2CCN(c3nc(C4CC4)nc4sc(C)c(C)c34)CC2)cc1. The fourth-order valence-electron chi connectivity index (χ4n) is 4.19. The van der Waals surface area contributed by atoms with Crippen molar-refractivity contribution in [3.05, 3.63) is 46.1 Å². The Balaban J connectivity index is 1.31. The van der Waals surface area contributed by atoms with Gasteiger partial charge in [-0.1, -0.05) is 12.1 Å². The highest BCUT2D eigenvalue weighted by atomic mass is 32.1. The number of benzene rings is 1. The molecule has 1 saturated heterocycles. The summed E-state index contributed by atoms with van der Waals surface area (Å²) in [5, 5.41) is 1.20. The Bertz CT molecular complexity index is 1110. The zero-order chi connectivity index (χ0) is 21.5. The number of fused-ring (bicyclic) bond motifs is 1. The van der Waals surface area contributed by atoms with Gasteiger partial charge in [0.25, 0.3) is 0 Å². The molecule has 7 heteroatoms. The second-order valence-corrected chi connectivity index (χ2v) is 9.74. The number of carbonyl (C=O) groups is 1. The van der Waals surface area contributed by atoms with Crippen molar-refractivity contribution in [2.75, 3.05) is 38.2 Å². The van der Waals surface area contributed by atoms with Gasteiger partial charge in [0.05, 0.1) is 18.9 Å². The highest BCUT2D eigenvalue weighted by Gasteiger charge is 2.30. The highest BCUT2D eigenvalue weighted by Crippen LogP contribution is 2.42.